The van der Waals surface area contributed by atoms with Crippen molar-refractivity contribution in [2.75, 3.05) is 5.32 Å². The fourth-order valence-corrected chi connectivity index (χ4v) is 3.86. The van der Waals surface area contributed by atoms with Crippen LogP contribution in [-0.4, -0.2) is 15.2 Å². The Hall–Kier alpha value is -2.62. The zero-order valence-electron chi connectivity index (χ0n) is 15.5. The van der Waals surface area contributed by atoms with Crippen LogP contribution in [0.4, 0.5) is 11.5 Å². The number of benzene rings is 1. The monoisotopic (exact) mass is 346 g/mol. The van der Waals surface area contributed by atoms with Gasteiger partial charge in [-0.2, -0.15) is 5.10 Å². The molecule has 0 spiro atoms. The molecule has 4 rings (SSSR count). The Morgan fingerprint density at radius 1 is 1.00 bits per heavy atom. The highest BCUT2D eigenvalue weighted by Gasteiger charge is 2.19. The summed E-state index contributed by atoms with van der Waals surface area (Å²) in [4.78, 5) is 5.07. The number of hydrogen-bond acceptors (Lipinski definition) is 3. The molecule has 1 fully saturated rings. The van der Waals surface area contributed by atoms with Crippen molar-refractivity contribution in [3.8, 4) is 11.3 Å². The number of anilines is 2. The van der Waals surface area contributed by atoms with E-state index in [-0.39, 0.29) is 0 Å². The quantitative estimate of drug-likeness (QED) is 0.620. The highest BCUT2D eigenvalue weighted by molar-refractivity contribution is 5.70. The van der Waals surface area contributed by atoms with Gasteiger partial charge in [-0.15, -0.1) is 0 Å². The number of aromatic amines is 1. The summed E-state index contributed by atoms with van der Waals surface area (Å²) in [6.07, 6.45) is 6.45. The molecular weight excluding hydrogens is 320 g/mol. The third kappa shape index (κ3) is 3.64. The van der Waals surface area contributed by atoms with Crippen molar-refractivity contribution in [2.45, 2.75) is 51.9 Å². The highest BCUT2D eigenvalue weighted by Crippen LogP contribution is 2.35. The van der Waals surface area contributed by atoms with E-state index in [1.807, 2.05) is 13.0 Å². The van der Waals surface area contributed by atoms with E-state index in [4.69, 9.17) is 4.98 Å². The third-order valence-corrected chi connectivity index (χ3v) is 5.27. The first-order chi connectivity index (χ1) is 12.7. The summed E-state index contributed by atoms with van der Waals surface area (Å²) in [6, 6.07) is 14.8. The third-order valence-electron chi connectivity index (χ3n) is 5.27. The van der Waals surface area contributed by atoms with Gasteiger partial charge in [0.1, 0.15) is 0 Å². The largest absolute Gasteiger partial charge is 0.339 e. The van der Waals surface area contributed by atoms with Gasteiger partial charge in [-0.05, 0) is 44.4 Å². The second-order valence-electron chi connectivity index (χ2n) is 7.38. The molecule has 0 radical (unpaired) electrons. The van der Waals surface area contributed by atoms with Crippen LogP contribution in [0.2, 0.25) is 0 Å². The van der Waals surface area contributed by atoms with Gasteiger partial charge in [-0.3, -0.25) is 10.1 Å². The first kappa shape index (κ1) is 16.8. The Morgan fingerprint density at radius 3 is 2.54 bits per heavy atom. The lowest BCUT2D eigenvalue weighted by molar-refractivity contribution is 0.437. The highest BCUT2D eigenvalue weighted by atomic mass is 15.2. The first-order valence-corrected chi connectivity index (χ1v) is 9.56. The number of nitrogens with one attached hydrogen (secondary N) is 2. The first-order valence-electron chi connectivity index (χ1n) is 9.56. The van der Waals surface area contributed by atoms with Crippen LogP contribution in [0.3, 0.4) is 0 Å². The van der Waals surface area contributed by atoms with E-state index in [0.717, 1.165) is 22.9 Å². The van der Waals surface area contributed by atoms with Crippen LogP contribution in [-0.2, 0) is 0 Å². The van der Waals surface area contributed by atoms with Gasteiger partial charge in [-0.1, -0.05) is 43.5 Å². The van der Waals surface area contributed by atoms with E-state index < -0.39 is 0 Å². The van der Waals surface area contributed by atoms with Crippen molar-refractivity contribution in [3.63, 3.8) is 0 Å². The molecule has 0 saturated heterocycles. The van der Waals surface area contributed by atoms with E-state index in [9.17, 15) is 0 Å². The molecular formula is C22H26N4. The fourth-order valence-electron chi connectivity index (χ4n) is 3.86. The van der Waals surface area contributed by atoms with E-state index in [2.05, 4.69) is 58.8 Å². The molecule has 26 heavy (non-hydrogen) atoms. The van der Waals surface area contributed by atoms with Crippen molar-refractivity contribution in [3.05, 3.63) is 59.4 Å². The van der Waals surface area contributed by atoms with Crippen LogP contribution >= 0.6 is 0 Å². The maximum atomic E-state index is 5.07. The molecule has 2 N–H and O–H groups in total. The molecule has 1 aromatic carbocycles. The summed E-state index contributed by atoms with van der Waals surface area (Å²) >= 11 is 0. The predicted octanol–water partition coefficient (Wildman–Crippen LogP) is 5.88. The zero-order chi connectivity index (χ0) is 17.9. The number of rotatable bonds is 4. The number of hydrogen-bond donors (Lipinski definition) is 2. The Bertz CT molecular complexity index is 891. The van der Waals surface area contributed by atoms with Crippen molar-refractivity contribution in [2.24, 2.45) is 0 Å². The minimum absolute atomic E-state index is 0.564. The van der Waals surface area contributed by atoms with Crippen molar-refractivity contribution < 1.29 is 0 Å². The minimum Gasteiger partial charge on any atom is -0.339 e. The molecule has 0 bridgehead atoms. The maximum Gasteiger partial charge on any atom is 0.152 e. The predicted molar refractivity (Wildman–Crippen MR) is 107 cm³/mol. The Kier molecular flexibility index (Phi) is 4.74. The fraction of sp³-hybridized carbons (Fsp3) is 0.364. The minimum atomic E-state index is 0.564. The van der Waals surface area contributed by atoms with Gasteiger partial charge in [0.25, 0.3) is 0 Å². The molecule has 4 heteroatoms. The Labute approximate surface area is 155 Å². The molecule has 134 valence electrons. The smallest absolute Gasteiger partial charge is 0.152 e. The lowest BCUT2D eigenvalue weighted by Gasteiger charge is -2.22. The van der Waals surface area contributed by atoms with Crippen LogP contribution < -0.4 is 5.32 Å². The van der Waals surface area contributed by atoms with Gasteiger partial charge in [-0.25, -0.2) is 0 Å². The second kappa shape index (κ2) is 7.32. The number of pyridine rings is 1. The van der Waals surface area contributed by atoms with Crippen molar-refractivity contribution in [1.29, 1.82) is 0 Å². The summed E-state index contributed by atoms with van der Waals surface area (Å²) in [6.45, 7) is 4.16. The second-order valence-corrected chi connectivity index (χ2v) is 7.38. The molecule has 3 aromatic rings. The number of nitrogens with zero attached hydrogens (tertiary/aromatic N) is 2. The molecule has 4 nitrogen and oxygen atoms in total. The summed E-state index contributed by atoms with van der Waals surface area (Å²) in [7, 11) is 0. The average Bonchev–Trinajstić information content (AvgIpc) is 3.07. The SMILES string of the molecule is Cc1cc(Nc2cc(-c3ccccc3C)nc(C3CCCCC3)c2)n[nH]1. The van der Waals surface area contributed by atoms with Gasteiger partial charge < -0.3 is 5.32 Å². The van der Waals surface area contributed by atoms with Gasteiger partial charge in [0.05, 0.1) is 5.69 Å². The molecule has 1 saturated carbocycles. The summed E-state index contributed by atoms with van der Waals surface area (Å²) in [5, 5.41) is 10.8. The van der Waals surface area contributed by atoms with Crippen LogP contribution in [0, 0.1) is 13.8 Å². The van der Waals surface area contributed by atoms with Gasteiger partial charge in [0.2, 0.25) is 0 Å². The Morgan fingerprint density at radius 2 is 1.81 bits per heavy atom. The molecule has 1 aliphatic rings. The standard InChI is InChI=1S/C22H26N4/c1-15-8-6-7-11-19(15)21-14-18(23-22-12-16(2)25-26-22)13-20(24-21)17-9-4-3-5-10-17/h6-8,11-14,17H,3-5,9-10H2,1-2H3,(H2,23,24,25,26). The van der Waals surface area contributed by atoms with Crippen LogP contribution in [0.25, 0.3) is 11.3 Å². The summed E-state index contributed by atoms with van der Waals surface area (Å²) in [5.41, 5.74) is 6.81. The van der Waals surface area contributed by atoms with E-state index in [1.54, 1.807) is 0 Å². The number of aromatic nitrogens is 3. The molecule has 0 amide bonds. The zero-order valence-corrected chi connectivity index (χ0v) is 15.5. The molecule has 2 aromatic heterocycles. The van der Waals surface area contributed by atoms with E-state index >= 15 is 0 Å². The number of aryl methyl sites for hydroxylation is 2. The Balaban J connectivity index is 1.74. The molecule has 2 heterocycles. The van der Waals surface area contributed by atoms with Gasteiger partial charge in [0.15, 0.2) is 5.82 Å². The molecule has 0 atom stereocenters. The van der Waals surface area contributed by atoms with Gasteiger partial charge >= 0.3 is 0 Å². The van der Waals surface area contributed by atoms with Crippen molar-refractivity contribution in [1.82, 2.24) is 15.2 Å². The van der Waals surface area contributed by atoms with E-state index in [0.29, 0.717) is 5.92 Å². The maximum absolute atomic E-state index is 5.07. The topological polar surface area (TPSA) is 53.6 Å². The molecule has 1 aliphatic carbocycles. The van der Waals surface area contributed by atoms with Crippen LogP contribution in [0.1, 0.15) is 55.0 Å². The molecule has 0 aliphatic heterocycles. The van der Waals surface area contributed by atoms with Crippen molar-refractivity contribution >= 4 is 11.5 Å². The summed E-state index contributed by atoms with van der Waals surface area (Å²) in [5.74, 6) is 1.41. The van der Waals surface area contributed by atoms with Crippen LogP contribution in [0.15, 0.2) is 42.5 Å². The van der Waals surface area contributed by atoms with Gasteiger partial charge in [0, 0.05) is 34.6 Å². The van der Waals surface area contributed by atoms with E-state index in [1.165, 1.54) is 48.9 Å². The summed E-state index contributed by atoms with van der Waals surface area (Å²) < 4.78 is 0. The molecule has 0 unspecified atom stereocenters. The average molecular weight is 346 g/mol. The normalized spacial score (nSPS) is 15.2. The number of H-pyrrole nitrogens is 1. The van der Waals surface area contributed by atoms with Crippen LogP contribution in [0.5, 0.6) is 0 Å². The lowest BCUT2D eigenvalue weighted by atomic mass is 9.86. The lowest BCUT2D eigenvalue weighted by Crippen LogP contribution is -2.08.